The molecule has 0 saturated carbocycles. The van der Waals surface area contributed by atoms with Crippen LogP contribution >= 0.6 is 11.6 Å². The lowest BCUT2D eigenvalue weighted by atomic mass is 10.2. The van der Waals surface area contributed by atoms with Gasteiger partial charge in [-0.25, -0.2) is 4.98 Å². The van der Waals surface area contributed by atoms with Crippen molar-refractivity contribution in [1.82, 2.24) is 14.8 Å². The van der Waals surface area contributed by atoms with Crippen LogP contribution in [0.15, 0.2) is 12.1 Å². The summed E-state index contributed by atoms with van der Waals surface area (Å²) in [5.41, 5.74) is 0.961. The molecule has 5 heteroatoms. The number of halogens is 1. The molecule has 2 rings (SSSR count). The molecule has 1 aromatic heterocycles. The average molecular weight is 255 g/mol. The third-order valence-corrected chi connectivity index (χ3v) is 3.49. The number of pyridine rings is 1. The van der Waals surface area contributed by atoms with Gasteiger partial charge in [-0.3, -0.25) is 4.90 Å². The second-order valence-electron chi connectivity index (χ2n) is 4.45. The van der Waals surface area contributed by atoms with E-state index in [0.717, 1.165) is 49.3 Å². The van der Waals surface area contributed by atoms with Gasteiger partial charge in [0.2, 0.25) is 0 Å². The van der Waals surface area contributed by atoms with Gasteiger partial charge in [0.25, 0.3) is 0 Å². The molecule has 1 aliphatic heterocycles. The maximum atomic E-state index is 6.17. The van der Waals surface area contributed by atoms with Crippen LogP contribution in [0.4, 0.5) is 5.82 Å². The lowest BCUT2D eigenvalue weighted by Crippen LogP contribution is -2.44. The molecule has 0 radical (unpaired) electrons. The number of rotatable bonds is 3. The van der Waals surface area contributed by atoms with Crippen molar-refractivity contribution in [3.05, 3.63) is 22.8 Å². The average Bonchev–Trinajstić information content (AvgIpc) is 2.35. The van der Waals surface area contributed by atoms with Crippen LogP contribution in [0.25, 0.3) is 0 Å². The van der Waals surface area contributed by atoms with Crippen molar-refractivity contribution in [2.24, 2.45) is 0 Å². The van der Waals surface area contributed by atoms with E-state index in [2.05, 4.69) is 27.1 Å². The second kappa shape index (κ2) is 5.67. The summed E-state index contributed by atoms with van der Waals surface area (Å²) in [4.78, 5) is 9.24. The van der Waals surface area contributed by atoms with Crippen molar-refractivity contribution in [1.29, 1.82) is 0 Å². The zero-order valence-corrected chi connectivity index (χ0v) is 11.2. The number of hydrogen-bond acceptors (Lipinski definition) is 4. The molecule has 17 heavy (non-hydrogen) atoms. The molecule has 1 aliphatic rings. The van der Waals surface area contributed by atoms with Gasteiger partial charge in [0.05, 0.1) is 10.7 Å². The first-order valence-electron chi connectivity index (χ1n) is 5.93. The molecule has 0 amide bonds. The molecule has 1 N–H and O–H groups in total. The van der Waals surface area contributed by atoms with Crippen LogP contribution < -0.4 is 5.32 Å². The largest absolute Gasteiger partial charge is 0.373 e. The lowest BCUT2D eigenvalue weighted by Gasteiger charge is -2.32. The summed E-state index contributed by atoms with van der Waals surface area (Å²) in [7, 11) is 4.03. The minimum Gasteiger partial charge on any atom is -0.373 e. The Kier molecular flexibility index (Phi) is 4.20. The van der Waals surface area contributed by atoms with E-state index in [4.69, 9.17) is 11.6 Å². The SMILES string of the molecule is CNc1ccc(Cl)c(CN2CCN(C)CC2)n1. The van der Waals surface area contributed by atoms with Crippen molar-refractivity contribution in [2.45, 2.75) is 6.54 Å². The first kappa shape index (κ1) is 12.6. The Balaban J connectivity index is 2.02. The number of anilines is 1. The minimum atomic E-state index is 0.753. The Morgan fingerprint density at radius 1 is 1.29 bits per heavy atom. The van der Waals surface area contributed by atoms with E-state index in [1.165, 1.54) is 0 Å². The number of piperazine rings is 1. The van der Waals surface area contributed by atoms with Crippen LogP contribution in [0.2, 0.25) is 5.02 Å². The Bertz CT molecular complexity index is 375. The Labute approximate surface area is 108 Å². The second-order valence-corrected chi connectivity index (χ2v) is 4.86. The summed E-state index contributed by atoms with van der Waals surface area (Å²) < 4.78 is 0. The van der Waals surface area contributed by atoms with E-state index in [1.54, 1.807) is 0 Å². The van der Waals surface area contributed by atoms with Gasteiger partial charge < -0.3 is 10.2 Å². The fraction of sp³-hybridized carbons (Fsp3) is 0.583. The third-order valence-electron chi connectivity index (χ3n) is 3.14. The maximum Gasteiger partial charge on any atom is 0.126 e. The van der Waals surface area contributed by atoms with Gasteiger partial charge >= 0.3 is 0 Å². The number of hydrogen-bond donors (Lipinski definition) is 1. The Hall–Kier alpha value is -0.840. The van der Waals surface area contributed by atoms with Crippen LogP contribution in [-0.4, -0.2) is 55.1 Å². The van der Waals surface area contributed by atoms with Crippen LogP contribution in [0, 0.1) is 0 Å². The highest BCUT2D eigenvalue weighted by Gasteiger charge is 2.15. The highest BCUT2D eigenvalue weighted by Crippen LogP contribution is 2.18. The summed E-state index contributed by atoms with van der Waals surface area (Å²) in [5.74, 6) is 0.874. The van der Waals surface area contributed by atoms with Crippen molar-refractivity contribution >= 4 is 17.4 Å². The molecule has 1 fully saturated rings. The minimum absolute atomic E-state index is 0.753. The van der Waals surface area contributed by atoms with Gasteiger partial charge in [0.15, 0.2) is 0 Å². The lowest BCUT2D eigenvalue weighted by molar-refractivity contribution is 0.147. The van der Waals surface area contributed by atoms with E-state index in [1.807, 2.05) is 19.2 Å². The van der Waals surface area contributed by atoms with E-state index in [-0.39, 0.29) is 0 Å². The standard InChI is InChI=1S/C12H19ClN4/c1-14-12-4-3-10(13)11(15-12)9-17-7-5-16(2)6-8-17/h3-4H,5-9H2,1-2H3,(H,14,15). The highest BCUT2D eigenvalue weighted by atomic mass is 35.5. The first-order chi connectivity index (χ1) is 8.19. The summed E-state index contributed by atoms with van der Waals surface area (Å²) in [6.07, 6.45) is 0. The molecular weight excluding hydrogens is 236 g/mol. The van der Waals surface area contributed by atoms with Crippen LogP contribution in [0.1, 0.15) is 5.69 Å². The molecule has 0 bridgehead atoms. The number of likely N-dealkylation sites (N-methyl/N-ethyl adjacent to an activating group) is 1. The van der Waals surface area contributed by atoms with Gasteiger partial charge in [-0.15, -0.1) is 0 Å². The zero-order valence-electron chi connectivity index (χ0n) is 10.4. The van der Waals surface area contributed by atoms with Crippen LogP contribution in [-0.2, 0) is 6.54 Å². The van der Waals surface area contributed by atoms with Crippen LogP contribution in [0.5, 0.6) is 0 Å². The first-order valence-corrected chi connectivity index (χ1v) is 6.31. The number of nitrogens with zero attached hydrogens (tertiary/aromatic N) is 3. The van der Waals surface area contributed by atoms with Crippen molar-refractivity contribution in [2.75, 3.05) is 45.6 Å². The topological polar surface area (TPSA) is 31.4 Å². The summed E-state index contributed by atoms with van der Waals surface area (Å²) in [5, 5.41) is 3.80. The van der Waals surface area contributed by atoms with Gasteiger partial charge in [-0.1, -0.05) is 11.6 Å². The normalized spacial score (nSPS) is 18.3. The van der Waals surface area contributed by atoms with Gasteiger partial charge in [0.1, 0.15) is 5.82 Å². The quantitative estimate of drug-likeness (QED) is 0.887. The third kappa shape index (κ3) is 3.31. The summed E-state index contributed by atoms with van der Waals surface area (Å²) in [6.45, 7) is 5.23. The molecule has 94 valence electrons. The molecule has 1 saturated heterocycles. The van der Waals surface area contributed by atoms with Gasteiger partial charge in [-0.05, 0) is 19.2 Å². The number of aromatic nitrogens is 1. The zero-order chi connectivity index (χ0) is 12.3. The molecule has 0 unspecified atom stereocenters. The van der Waals surface area contributed by atoms with Crippen molar-refractivity contribution in [3.8, 4) is 0 Å². The predicted molar refractivity (Wildman–Crippen MR) is 71.6 cm³/mol. The molecule has 0 aliphatic carbocycles. The van der Waals surface area contributed by atoms with Gasteiger partial charge in [-0.2, -0.15) is 0 Å². The van der Waals surface area contributed by atoms with Crippen molar-refractivity contribution in [3.63, 3.8) is 0 Å². The highest BCUT2D eigenvalue weighted by molar-refractivity contribution is 6.31. The molecular formula is C12H19ClN4. The smallest absolute Gasteiger partial charge is 0.126 e. The molecule has 0 spiro atoms. The van der Waals surface area contributed by atoms with Crippen LogP contribution in [0.3, 0.4) is 0 Å². The monoisotopic (exact) mass is 254 g/mol. The van der Waals surface area contributed by atoms with E-state index in [0.29, 0.717) is 0 Å². The Morgan fingerprint density at radius 2 is 2.00 bits per heavy atom. The molecule has 4 nitrogen and oxygen atoms in total. The molecule has 2 heterocycles. The molecule has 0 atom stereocenters. The predicted octanol–water partition coefficient (Wildman–Crippen LogP) is 1.52. The van der Waals surface area contributed by atoms with Gasteiger partial charge in [0, 0.05) is 39.8 Å². The summed E-state index contributed by atoms with van der Waals surface area (Å²) in [6, 6.07) is 3.81. The van der Waals surface area contributed by atoms with E-state index < -0.39 is 0 Å². The van der Waals surface area contributed by atoms with E-state index in [9.17, 15) is 0 Å². The molecule has 1 aromatic rings. The molecule has 0 aromatic carbocycles. The Morgan fingerprint density at radius 3 is 2.65 bits per heavy atom. The number of nitrogens with one attached hydrogen (secondary N) is 1. The maximum absolute atomic E-state index is 6.17. The fourth-order valence-corrected chi connectivity index (χ4v) is 2.12. The van der Waals surface area contributed by atoms with Crippen molar-refractivity contribution < 1.29 is 0 Å². The van der Waals surface area contributed by atoms with E-state index >= 15 is 0 Å². The fourth-order valence-electron chi connectivity index (χ4n) is 1.95. The summed E-state index contributed by atoms with van der Waals surface area (Å²) >= 11 is 6.17.